The average molecular weight is 478 g/mol. The maximum atomic E-state index is 14.8. The zero-order chi connectivity index (χ0) is 24.2. The Morgan fingerprint density at radius 1 is 1.00 bits per heavy atom. The molecule has 0 aliphatic heterocycles. The lowest BCUT2D eigenvalue weighted by Gasteiger charge is -2.25. The summed E-state index contributed by atoms with van der Waals surface area (Å²) in [6.45, 7) is 0. The molecule has 1 N–H and O–H groups in total. The molecule has 174 valence electrons. The van der Waals surface area contributed by atoms with E-state index < -0.39 is 5.82 Å². The van der Waals surface area contributed by atoms with Crippen LogP contribution in [0.4, 0.5) is 4.39 Å². The monoisotopic (exact) mass is 477 g/mol. The van der Waals surface area contributed by atoms with E-state index in [2.05, 4.69) is 25.1 Å². The lowest BCUT2D eigenvalue weighted by Crippen LogP contribution is -2.27. The van der Waals surface area contributed by atoms with Crippen LogP contribution in [0.2, 0.25) is 5.02 Å². The van der Waals surface area contributed by atoms with Crippen LogP contribution in [0.1, 0.15) is 18.4 Å². The molecule has 3 aromatic carbocycles. The first-order chi connectivity index (χ1) is 16.2. The molecule has 0 unspecified atom stereocenters. The molecule has 1 aromatic heterocycles. The number of aromatic nitrogens is 2. The highest BCUT2D eigenvalue weighted by Crippen LogP contribution is 2.50. The molecule has 4 aromatic rings. The molecular formula is C27H25ClFN3O2. The highest BCUT2D eigenvalue weighted by atomic mass is 35.5. The average Bonchev–Trinajstić information content (AvgIpc) is 3.57. The third kappa shape index (κ3) is 3.63. The van der Waals surface area contributed by atoms with Gasteiger partial charge in [0, 0.05) is 36.1 Å². The summed E-state index contributed by atoms with van der Waals surface area (Å²) in [7, 11) is 5.79. The molecule has 1 fully saturated rings. The molecule has 1 aliphatic rings. The van der Waals surface area contributed by atoms with Gasteiger partial charge >= 0.3 is 5.69 Å². The molecule has 0 radical (unpaired) electrons. The van der Waals surface area contributed by atoms with Gasteiger partial charge < -0.3 is 9.67 Å². The van der Waals surface area contributed by atoms with Gasteiger partial charge in [-0.25, -0.2) is 9.18 Å². The number of rotatable bonds is 5. The number of benzene rings is 3. The van der Waals surface area contributed by atoms with Crippen LogP contribution in [0.5, 0.6) is 5.75 Å². The number of aromatic hydroxyl groups is 1. The number of aryl methyl sites for hydroxylation is 1. The fourth-order valence-electron chi connectivity index (χ4n) is 4.65. The zero-order valence-electron chi connectivity index (χ0n) is 19.2. The summed E-state index contributed by atoms with van der Waals surface area (Å²) in [5, 5.41) is 11.5. The van der Waals surface area contributed by atoms with Crippen molar-refractivity contribution in [1.29, 1.82) is 0 Å². The quantitative estimate of drug-likeness (QED) is 0.409. The highest BCUT2D eigenvalue weighted by Gasteiger charge is 2.46. The third-order valence-electron chi connectivity index (χ3n) is 6.83. The SMILES string of the molecule is CN(C)C1(c2cccc(-c3cc(F)cc(-c4ccc(-n5ccn(C)c5=O)c(Cl)c4)c3O)c2)CC1. The number of halogens is 2. The minimum Gasteiger partial charge on any atom is -0.507 e. The molecule has 1 heterocycles. The van der Waals surface area contributed by atoms with E-state index in [0.29, 0.717) is 27.4 Å². The van der Waals surface area contributed by atoms with Crippen molar-refractivity contribution in [3.63, 3.8) is 0 Å². The van der Waals surface area contributed by atoms with Gasteiger partial charge in [-0.15, -0.1) is 0 Å². The van der Waals surface area contributed by atoms with Crippen molar-refractivity contribution in [3.05, 3.63) is 93.9 Å². The Bertz CT molecular complexity index is 1470. The molecule has 0 saturated heterocycles. The smallest absolute Gasteiger partial charge is 0.332 e. The molecule has 0 atom stereocenters. The maximum Gasteiger partial charge on any atom is 0.332 e. The summed E-state index contributed by atoms with van der Waals surface area (Å²) in [5.74, 6) is -0.477. The number of hydrogen-bond donors (Lipinski definition) is 1. The number of phenols is 1. The lowest BCUT2D eigenvalue weighted by atomic mass is 9.94. The number of nitrogens with zero attached hydrogens (tertiary/aromatic N) is 3. The van der Waals surface area contributed by atoms with E-state index in [1.165, 1.54) is 21.3 Å². The zero-order valence-corrected chi connectivity index (χ0v) is 20.0. The molecule has 1 aliphatic carbocycles. The Hall–Kier alpha value is -3.35. The summed E-state index contributed by atoms with van der Waals surface area (Å²) in [5.41, 5.74) is 3.51. The van der Waals surface area contributed by atoms with Gasteiger partial charge in [0.05, 0.1) is 10.7 Å². The van der Waals surface area contributed by atoms with Gasteiger partial charge in [0.1, 0.15) is 11.6 Å². The van der Waals surface area contributed by atoms with E-state index in [9.17, 15) is 14.3 Å². The summed E-state index contributed by atoms with van der Waals surface area (Å²) < 4.78 is 17.6. The van der Waals surface area contributed by atoms with Crippen molar-refractivity contribution in [1.82, 2.24) is 14.0 Å². The van der Waals surface area contributed by atoms with E-state index in [-0.39, 0.29) is 17.0 Å². The molecule has 0 bridgehead atoms. The standard InChI is InChI=1S/C27H25ClFN3O2/c1-30(2)27(9-10-27)19-6-4-5-17(13-19)21-15-20(29)16-22(25(21)33)18-7-8-24(23(28)14-18)32-12-11-31(3)26(32)34/h4-8,11-16,33H,9-10H2,1-3H3. The minimum atomic E-state index is -0.457. The van der Waals surface area contributed by atoms with Crippen LogP contribution in [0, 0.1) is 5.82 Å². The van der Waals surface area contributed by atoms with E-state index in [0.717, 1.165) is 24.0 Å². The Kier molecular flexibility index (Phi) is 5.38. The van der Waals surface area contributed by atoms with Gasteiger partial charge in [0.15, 0.2) is 0 Å². The fourth-order valence-corrected chi connectivity index (χ4v) is 4.92. The van der Waals surface area contributed by atoms with Crippen LogP contribution in [-0.2, 0) is 12.6 Å². The van der Waals surface area contributed by atoms with Crippen molar-refractivity contribution >= 4 is 11.6 Å². The Morgan fingerprint density at radius 2 is 1.68 bits per heavy atom. The Morgan fingerprint density at radius 3 is 2.24 bits per heavy atom. The Labute approximate surface area is 202 Å². The van der Waals surface area contributed by atoms with Crippen LogP contribution in [0.25, 0.3) is 27.9 Å². The first kappa shape index (κ1) is 22.4. The topological polar surface area (TPSA) is 50.4 Å². The van der Waals surface area contributed by atoms with Gasteiger partial charge in [0.2, 0.25) is 0 Å². The molecule has 0 amide bonds. The third-order valence-corrected chi connectivity index (χ3v) is 7.13. The van der Waals surface area contributed by atoms with Crippen LogP contribution < -0.4 is 5.69 Å². The van der Waals surface area contributed by atoms with Crippen LogP contribution in [0.3, 0.4) is 0 Å². The molecule has 1 saturated carbocycles. The summed E-state index contributed by atoms with van der Waals surface area (Å²) >= 11 is 6.50. The first-order valence-electron chi connectivity index (χ1n) is 11.1. The molecule has 5 rings (SSSR count). The van der Waals surface area contributed by atoms with E-state index in [4.69, 9.17) is 11.6 Å². The summed E-state index contributed by atoms with van der Waals surface area (Å²) in [6.07, 6.45) is 5.42. The summed E-state index contributed by atoms with van der Waals surface area (Å²) in [6, 6.07) is 15.6. The van der Waals surface area contributed by atoms with Crippen LogP contribution in [0.15, 0.2) is 71.8 Å². The molecule has 7 heteroatoms. The minimum absolute atomic E-state index is 0.000657. The van der Waals surface area contributed by atoms with Crippen molar-refractivity contribution in [3.8, 4) is 33.7 Å². The van der Waals surface area contributed by atoms with E-state index in [1.54, 1.807) is 37.6 Å². The lowest BCUT2D eigenvalue weighted by molar-refractivity contribution is 0.276. The fraction of sp³-hybridized carbons (Fsp3) is 0.222. The number of hydrogen-bond acceptors (Lipinski definition) is 3. The molecule has 5 nitrogen and oxygen atoms in total. The second-order valence-electron chi connectivity index (χ2n) is 9.08. The second kappa shape index (κ2) is 8.15. The number of phenolic OH excluding ortho intramolecular Hbond substituents is 1. The van der Waals surface area contributed by atoms with Crippen molar-refractivity contribution < 1.29 is 9.50 Å². The maximum absolute atomic E-state index is 14.8. The predicted octanol–water partition coefficient (Wildman–Crippen LogP) is 5.56. The van der Waals surface area contributed by atoms with Gasteiger partial charge in [-0.05, 0) is 74.0 Å². The van der Waals surface area contributed by atoms with Gasteiger partial charge in [0.25, 0.3) is 0 Å². The van der Waals surface area contributed by atoms with Crippen molar-refractivity contribution in [2.45, 2.75) is 18.4 Å². The largest absolute Gasteiger partial charge is 0.507 e. The molecule has 34 heavy (non-hydrogen) atoms. The van der Waals surface area contributed by atoms with Crippen molar-refractivity contribution in [2.24, 2.45) is 7.05 Å². The Balaban J connectivity index is 1.58. The van der Waals surface area contributed by atoms with Gasteiger partial charge in [-0.1, -0.05) is 35.9 Å². The van der Waals surface area contributed by atoms with E-state index in [1.807, 2.05) is 18.2 Å². The van der Waals surface area contributed by atoms with Gasteiger partial charge in [-0.3, -0.25) is 9.47 Å². The van der Waals surface area contributed by atoms with E-state index >= 15 is 0 Å². The first-order valence-corrected chi connectivity index (χ1v) is 11.4. The van der Waals surface area contributed by atoms with Gasteiger partial charge in [-0.2, -0.15) is 0 Å². The summed E-state index contributed by atoms with van der Waals surface area (Å²) in [4.78, 5) is 14.5. The highest BCUT2D eigenvalue weighted by molar-refractivity contribution is 6.32. The molecule has 0 spiro atoms. The predicted molar refractivity (Wildman–Crippen MR) is 133 cm³/mol. The van der Waals surface area contributed by atoms with Crippen molar-refractivity contribution in [2.75, 3.05) is 14.1 Å². The molecular weight excluding hydrogens is 453 g/mol. The second-order valence-corrected chi connectivity index (χ2v) is 9.49. The van der Waals surface area contributed by atoms with Crippen LogP contribution in [-0.4, -0.2) is 33.2 Å². The van der Waals surface area contributed by atoms with Crippen LogP contribution >= 0.6 is 11.6 Å². The normalized spacial score (nSPS) is 14.5. The number of imidazole rings is 1.